The molecule has 2 aromatic heterocycles. The first-order valence-electron chi connectivity index (χ1n) is 6.49. The highest BCUT2D eigenvalue weighted by atomic mass is 32.1. The second-order valence-electron chi connectivity index (χ2n) is 3.44. The molecule has 2 aliphatic heterocycles. The predicted molar refractivity (Wildman–Crippen MR) is 90.7 cm³/mol. The number of hydrogen-bond donors (Lipinski definition) is 2. The van der Waals surface area contributed by atoms with Gasteiger partial charge in [-0.3, -0.25) is 9.97 Å². The molecule has 2 aromatic rings. The molecule has 0 unspecified atom stereocenters. The molecule has 0 spiro atoms. The van der Waals surface area contributed by atoms with Crippen molar-refractivity contribution in [1.82, 2.24) is 21.0 Å². The topological polar surface area (TPSA) is 80.7 Å². The normalized spacial score (nSPS) is 12.2. The Labute approximate surface area is 138 Å². The van der Waals surface area contributed by atoms with E-state index >= 15 is 0 Å². The van der Waals surface area contributed by atoms with E-state index in [9.17, 15) is 0 Å². The lowest BCUT2D eigenvalue weighted by molar-refractivity contribution is 0.136. The molecule has 2 aliphatic rings. The van der Waals surface area contributed by atoms with Gasteiger partial charge in [0.15, 0.2) is 0 Å². The number of hydroxylamine groups is 1. The Bertz CT molecular complexity index is 479. The van der Waals surface area contributed by atoms with E-state index in [4.69, 9.17) is 0 Å². The van der Waals surface area contributed by atoms with Gasteiger partial charge in [0.2, 0.25) is 0 Å². The quantitative estimate of drug-likeness (QED) is 0.773. The van der Waals surface area contributed by atoms with E-state index in [1.807, 2.05) is 29.7 Å². The van der Waals surface area contributed by atoms with Gasteiger partial charge in [-0.05, 0) is 30.4 Å². The van der Waals surface area contributed by atoms with Crippen LogP contribution in [0.5, 0.6) is 0 Å². The molecule has 0 radical (unpaired) electrons. The van der Waals surface area contributed by atoms with E-state index in [1.54, 1.807) is 66.3 Å². The van der Waals surface area contributed by atoms with Crippen LogP contribution in [-0.4, -0.2) is 16.2 Å². The van der Waals surface area contributed by atoms with Gasteiger partial charge in [0.1, 0.15) is 12.5 Å². The summed E-state index contributed by atoms with van der Waals surface area (Å²) in [6, 6.07) is 5.72. The minimum absolute atomic E-state index is 1.51. The molecule has 4 heterocycles. The third-order valence-electron chi connectivity index (χ3n) is 1.82. The molecule has 0 bridgehead atoms. The van der Waals surface area contributed by atoms with Crippen molar-refractivity contribution in [2.24, 2.45) is 5.10 Å². The molecule has 0 amide bonds. The van der Waals surface area contributed by atoms with E-state index < -0.39 is 0 Å². The van der Waals surface area contributed by atoms with Gasteiger partial charge in [-0.1, -0.05) is 6.07 Å². The molecule has 4 rings (SSSR count). The molecule has 0 fully saturated rings. The Morgan fingerprint density at radius 2 is 1.70 bits per heavy atom. The summed E-state index contributed by atoms with van der Waals surface area (Å²) < 4.78 is 0. The van der Waals surface area contributed by atoms with Gasteiger partial charge in [0.25, 0.3) is 0 Å². The van der Waals surface area contributed by atoms with Crippen molar-refractivity contribution >= 4 is 17.6 Å². The van der Waals surface area contributed by atoms with Crippen molar-refractivity contribution in [2.45, 2.75) is 0 Å². The molecule has 2 N–H and O–H groups in total. The number of hydrogen-bond acceptors (Lipinski definition) is 8. The summed E-state index contributed by atoms with van der Waals surface area (Å²) in [6.45, 7) is 0. The fraction of sp³-hybridized carbons (Fsp3) is 0. The third kappa shape index (κ3) is 13.6. The van der Waals surface area contributed by atoms with Crippen LogP contribution in [0.2, 0.25) is 0 Å². The zero-order chi connectivity index (χ0) is 16.3. The molecule has 7 nitrogen and oxygen atoms in total. The van der Waals surface area contributed by atoms with Crippen LogP contribution in [0.3, 0.4) is 0 Å². The lowest BCUT2D eigenvalue weighted by atomic mass is 10.5. The number of hydrazone groups is 1. The number of nitrogens with one attached hydrogen (secondary N) is 2. The van der Waals surface area contributed by atoms with Crippen LogP contribution in [0.25, 0.3) is 0 Å². The highest BCUT2D eigenvalue weighted by Crippen LogP contribution is 1.86. The molecule has 0 atom stereocenters. The van der Waals surface area contributed by atoms with Crippen LogP contribution in [0, 0.1) is 0 Å². The summed E-state index contributed by atoms with van der Waals surface area (Å²) in [4.78, 5) is 16.5. The molecule has 120 valence electrons. The van der Waals surface area contributed by atoms with E-state index in [0.29, 0.717) is 0 Å². The predicted octanol–water partition coefficient (Wildman–Crippen LogP) is 2.79. The summed E-state index contributed by atoms with van der Waals surface area (Å²) in [5.41, 5.74) is 6.58. The van der Waals surface area contributed by atoms with Gasteiger partial charge in [-0.25, -0.2) is 5.48 Å². The summed E-state index contributed by atoms with van der Waals surface area (Å²) in [6.07, 6.45) is 17.0. The number of pyridine rings is 1. The van der Waals surface area contributed by atoms with Gasteiger partial charge >= 0.3 is 0 Å². The summed E-state index contributed by atoms with van der Waals surface area (Å²) in [5, 5.41) is 5.42. The van der Waals surface area contributed by atoms with Gasteiger partial charge in [-0.2, -0.15) is 5.10 Å². The largest absolute Gasteiger partial charge is 0.391 e. The maximum atomic E-state index is 4.55. The molecule has 0 saturated carbocycles. The van der Waals surface area contributed by atoms with Crippen molar-refractivity contribution < 1.29 is 9.68 Å². The first-order valence-corrected chi connectivity index (χ1v) is 7.43. The van der Waals surface area contributed by atoms with Crippen molar-refractivity contribution in [1.29, 1.82) is 0 Å². The average molecular weight is 331 g/mol. The lowest BCUT2D eigenvalue weighted by Gasteiger charge is -1.97. The molecule has 0 saturated heterocycles. The number of nitrogens with zero attached hydrogens (tertiary/aromatic N) is 3. The van der Waals surface area contributed by atoms with E-state index in [1.165, 1.54) is 6.26 Å². The van der Waals surface area contributed by atoms with Gasteiger partial charge in [-0.15, -0.1) is 16.9 Å². The number of allylic oxidation sites excluding steroid dienone is 3. The smallest absolute Gasteiger partial charge is 0.122 e. The van der Waals surface area contributed by atoms with Crippen LogP contribution in [0.15, 0.2) is 89.7 Å². The minimum Gasteiger partial charge on any atom is -0.391 e. The molecule has 0 aliphatic carbocycles. The Balaban J connectivity index is 0.000000154. The molecule has 0 aromatic carbocycles. The van der Waals surface area contributed by atoms with Crippen molar-refractivity contribution in [2.75, 3.05) is 0 Å². The highest BCUT2D eigenvalue weighted by Gasteiger charge is 1.73. The summed E-state index contributed by atoms with van der Waals surface area (Å²) in [7, 11) is 0. The average Bonchev–Trinajstić information content (AvgIpc) is 3.27. The van der Waals surface area contributed by atoms with E-state index in [2.05, 4.69) is 35.8 Å². The third-order valence-corrected chi connectivity index (χ3v) is 2.34. The lowest BCUT2D eigenvalue weighted by Crippen LogP contribution is -2.03. The zero-order valence-electron chi connectivity index (χ0n) is 12.2. The van der Waals surface area contributed by atoms with Crippen molar-refractivity contribution in [3.8, 4) is 0 Å². The van der Waals surface area contributed by atoms with Crippen molar-refractivity contribution in [3.63, 3.8) is 0 Å². The van der Waals surface area contributed by atoms with Gasteiger partial charge in [0, 0.05) is 30.2 Å². The fourth-order valence-electron chi connectivity index (χ4n) is 0.955. The first-order chi connectivity index (χ1) is 11.5. The molecular formula is C15H17N5O2S. The minimum atomic E-state index is 1.51. The van der Waals surface area contributed by atoms with Gasteiger partial charge < -0.3 is 9.68 Å². The van der Waals surface area contributed by atoms with Gasteiger partial charge in [0.05, 0.1) is 11.7 Å². The molecule has 23 heavy (non-hydrogen) atoms. The number of rotatable bonds is 0. The molecular weight excluding hydrogens is 314 g/mol. The summed E-state index contributed by atoms with van der Waals surface area (Å²) >= 11 is 1.60. The Morgan fingerprint density at radius 3 is 1.87 bits per heavy atom. The Morgan fingerprint density at radius 1 is 0.826 bits per heavy atom. The second kappa shape index (κ2) is 15.3. The van der Waals surface area contributed by atoms with E-state index in [-0.39, 0.29) is 0 Å². The Hall–Kier alpha value is -3.13. The highest BCUT2D eigenvalue weighted by molar-refractivity contribution is 7.07. The van der Waals surface area contributed by atoms with Crippen LogP contribution in [-0.2, 0) is 9.68 Å². The van der Waals surface area contributed by atoms with Crippen LogP contribution < -0.4 is 11.1 Å². The number of aromatic nitrogens is 2. The maximum absolute atomic E-state index is 4.55. The zero-order valence-corrected chi connectivity index (χ0v) is 13.0. The standard InChI is InChI=1S/C5H5N.C4H5NO.C3H4N2O.C3H3NS/c2*1-2-4-6-5-3-1;1-2-4-5-6-3-1;1-2-5-3-4-1/h2*1-5H;1-3,5H;1-3H. The first kappa shape index (κ1) is 17.9. The Kier molecular flexibility index (Phi) is 11.9. The van der Waals surface area contributed by atoms with Crippen molar-refractivity contribution in [3.05, 3.63) is 84.6 Å². The van der Waals surface area contributed by atoms with Crippen LogP contribution in [0.4, 0.5) is 0 Å². The molecule has 8 heteroatoms. The maximum Gasteiger partial charge on any atom is 0.122 e. The SMILES string of the molecule is C1=CNOC=C1.C1=CONN=C1.c1ccncc1.c1cscn1. The fourth-order valence-corrected chi connectivity index (χ4v) is 1.31. The monoisotopic (exact) mass is 331 g/mol. The van der Waals surface area contributed by atoms with E-state index in [0.717, 1.165) is 0 Å². The second-order valence-corrected chi connectivity index (χ2v) is 4.19. The number of thiazole rings is 1. The van der Waals surface area contributed by atoms with Crippen LogP contribution >= 0.6 is 11.3 Å². The summed E-state index contributed by atoms with van der Waals surface area (Å²) in [5.74, 6) is 0. The van der Waals surface area contributed by atoms with Crippen LogP contribution in [0.1, 0.15) is 0 Å².